The maximum Gasteiger partial charge on any atom is 0.228 e. The minimum atomic E-state index is -0.211. The van der Waals surface area contributed by atoms with Gasteiger partial charge in [0.05, 0.1) is 18.9 Å². The topological polar surface area (TPSA) is 70.7 Å². The Morgan fingerprint density at radius 2 is 1.71 bits per heavy atom. The highest BCUT2D eigenvalue weighted by molar-refractivity contribution is 5.93. The van der Waals surface area contributed by atoms with Gasteiger partial charge in [0.15, 0.2) is 0 Å². The molecule has 0 spiro atoms. The van der Waals surface area contributed by atoms with Gasteiger partial charge in [-0.15, -0.1) is 0 Å². The Kier molecular flexibility index (Phi) is 7.88. The molecule has 34 heavy (non-hydrogen) atoms. The molecule has 2 aromatic carbocycles. The fourth-order valence-corrected chi connectivity index (χ4v) is 5.21. The lowest BCUT2D eigenvalue weighted by molar-refractivity contribution is -0.130. The van der Waals surface area contributed by atoms with Crippen molar-refractivity contribution in [3.8, 4) is 5.75 Å². The molecule has 2 aliphatic rings. The Morgan fingerprint density at radius 1 is 1.00 bits per heavy atom. The number of carbonyl (C=O) groups is 2. The quantitative estimate of drug-likeness (QED) is 0.620. The predicted molar refractivity (Wildman–Crippen MR) is 135 cm³/mol. The first-order chi connectivity index (χ1) is 16.4. The first kappa shape index (κ1) is 24.3. The van der Waals surface area contributed by atoms with Gasteiger partial charge >= 0.3 is 0 Å². The van der Waals surface area contributed by atoms with Crippen molar-refractivity contribution in [3.63, 3.8) is 0 Å². The third-order valence-electron chi connectivity index (χ3n) is 6.88. The van der Waals surface area contributed by atoms with Crippen molar-refractivity contribution in [2.45, 2.75) is 46.1 Å². The maximum absolute atomic E-state index is 13.2. The molecule has 1 aliphatic carbocycles. The lowest BCUT2D eigenvalue weighted by Crippen LogP contribution is -2.50. The summed E-state index contributed by atoms with van der Waals surface area (Å²) >= 11 is 0. The Balaban J connectivity index is 1.39. The second kappa shape index (κ2) is 11.0. The minimum Gasteiger partial charge on any atom is -0.497 e. The number of fused-ring (bicyclic) bond motifs is 1. The Labute approximate surface area is 203 Å². The normalized spacial score (nSPS) is 20.1. The van der Waals surface area contributed by atoms with E-state index in [4.69, 9.17) is 4.74 Å². The number of nitrogens with zero attached hydrogens (tertiary/aromatic N) is 1. The lowest BCUT2D eigenvalue weighted by atomic mass is 9.87. The van der Waals surface area contributed by atoms with Crippen LogP contribution in [0, 0.1) is 17.8 Å². The Hall–Kier alpha value is -2.86. The first-order valence-electron chi connectivity index (χ1n) is 12.5. The second-order valence-electron chi connectivity index (χ2n) is 10.1. The van der Waals surface area contributed by atoms with Gasteiger partial charge in [-0.1, -0.05) is 32.0 Å². The molecule has 182 valence electrons. The molecule has 4 rings (SSSR count). The van der Waals surface area contributed by atoms with E-state index >= 15 is 0 Å². The van der Waals surface area contributed by atoms with Crippen molar-refractivity contribution >= 4 is 17.5 Å². The largest absolute Gasteiger partial charge is 0.497 e. The summed E-state index contributed by atoms with van der Waals surface area (Å²) in [4.78, 5) is 28.6. The van der Waals surface area contributed by atoms with Gasteiger partial charge in [-0.25, -0.2) is 0 Å². The number of nitrogens with one attached hydrogen (secondary N) is 2. The van der Waals surface area contributed by atoms with E-state index in [9.17, 15) is 9.59 Å². The molecule has 0 unspecified atom stereocenters. The number of methoxy groups -OCH3 is 1. The van der Waals surface area contributed by atoms with Gasteiger partial charge in [0.1, 0.15) is 5.75 Å². The van der Waals surface area contributed by atoms with Gasteiger partial charge in [-0.2, -0.15) is 0 Å². The van der Waals surface area contributed by atoms with E-state index in [1.165, 1.54) is 17.5 Å². The molecule has 1 fully saturated rings. The summed E-state index contributed by atoms with van der Waals surface area (Å²) in [6, 6.07) is 14.0. The molecule has 0 saturated carbocycles. The Bertz CT molecular complexity index is 1000. The summed E-state index contributed by atoms with van der Waals surface area (Å²) < 4.78 is 5.20. The summed E-state index contributed by atoms with van der Waals surface area (Å²) in [6.07, 6.45) is 3.97. The summed E-state index contributed by atoms with van der Waals surface area (Å²) in [5.41, 5.74) is 4.63. The van der Waals surface area contributed by atoms with E-state index in [0.717, 1.165) is 36.4 Å². The fraction of sp³-hybridized carbons (Fsp3) is 0.500. The average molecular weight is 464 g/mol. The van der Waals surface area contributed by atoms with Gasteiger partial charge < -0.3 is 20.3 Å². The van der Waals surface area contributed by atoms with Gasteiger partial charge in [0, 0.05) is 31.9 Å². The zero-order chi connectivity index (χ0) is 24.1. The molecule has 1 saturated heterocycles. The summed E-state index contributed by atoms with van der Waals surface area (Å²) in [6.45, 7) is 7.08. The number of aryl methyl sites for hydroxylation is 2. The third-order valence-corrected chi connectivity index (χ3v) is 6.88. The van der Waals surface area contributed by atoms with Crippen molar-refractivity contribution in [2.24, 2.45) is 17.8 Å². The highest BCUT2D eigenvalue weighted by Crippen LogP contribution is 2.27. The highest BCUT2D eigenvalue weighted by atomic mass is 16.5. The van der Waals surface area contributed by atoms with Gasteiger partial charge in [0.2, 0.25) is 11.8 Å². The van der Waals surface area contributed by atoms with Crippen LogP contribution in [0.5, 0.6) is 5.75 Å². The SMILES string of the molecule is COc1ccc(CNC(=O)[C@H]2C[C@@H](C(=O)Nc3ccc4c(c3)CCC4)CN(CC(C)C)C2)cc1. The molecule has 1 heterocycles. The summed E-state index contributed by atoms with van der Waals surface area (Å²) in [7, 11) is 1.64. The van der Waals surface area contributed by atoms with E-state index in [0.29, 0.717) is 32.0 Å². The number of benzene rings is 2. The Morgan fingerprint density at radius 3 is 2.41 bits per heavy atom. The average Bonchev–Trinajstić information content (AvgIpc) is 3.30. The number of hydrogen-bond donors (Lipinski definition) is 2. The number of ether oxygens (including phenoxy) is 1. The third kappa shape index (κ3) is 6.17. The van der Waals surface area contributed by atoms with Crippen LogP contribution >= 0.6 is 0 Å². The molecule has 6 heteroatoms. The highest BCUT2D eigenvalue weighted by Gasteiger charge is 2.35. The van der Waals surface area contributed by atoms with Gasteiger partial charge in [-0.3, -0.25) is 9.59 Å². The smallest absolute Gasteiger partial charge is 0.228 e. The zero-order valence-corrected chi connectivity index (χ0v) is 20.6. The first-order valence-corrected chi connectivity index (χ1v) is 12.5. The van der Waals surface area contributed by atoms with E-state index in [1.54, 1.807) is 7.11 Å². The monoisotopic (exact) mass is 463 g/mol. The van der Waals surface area contributed by atoms with Crippen LogP contribution in [0.25, 0.3) is 0 Å². The van der Waals surface area contributed by atoms with E-state index in [1.807, 2.05) is 30.3 Å². The molecule has 1 aliphatic heterocycles. The number of piperidine rings is 1. The maximum atomic E-state index is 13.2. The summed E-state index contributed by atoms with van der Waals surface area (Å²) in [5, 5.41) is 6.21. The van der Waals surface area contributed by atoms with Crippen LogP contribution in [0.2, 0.25) is 0 Å². The second-order valence-corrected chi connectivity index (χ2v) is 10.1. The van der Waals surface area contributed by atoms with Crippen LogP contribution in [-0.2, 0) is 29.0 Å². The summed E-state index contributed by atoms with van der Waals surface area (Å²) in [5.74, 6) is 0.878. The van der Waals surface area contributed by atoms with Gasteiger partial charge in [-0.05, 0) is 72.6 Å². The van der Waals surface area contributed by atoms with E-state index < -0.39 is 0 Å². The van der Waals surface area contributed by atoms with Crippen LogP contribution in [-0.4, -0.2) is 43.5 Å². The van der Waals surface area contributed by atoms with Gasteiger partial charge in [0.25, 0.3) is 0 Å². The number of hydrogen-bond acceptors (Lipinski definition) is 4. The van der Waals surface area contributed by atoms with Crippen LogP contribution in [0.15, 0.2) is 42.5 Å². The molecule has 2 atom stereocenters. The van der Waals surface area contributed by atoms with Crippen LogP contribution in [0.3, 0.4) is 0 Å². The number of anilines is 1. The van der Waals surface area contributed by atoms with Crippen molar-refractivity contribution < 1.29 is 14.3 Å². The molecule has 6 nitrogen and oxygen atoms in total. The standard InChI is InChI=1S/C28H37N3O3/c1-19(2)16-31-17-23(27(32)29-15-20-7-11-26(34-3)12-8-20)13-24(18-31)28(33)30-25-10-9-21-5-4-6-22(21)14-25/h7-12,14,19,23-24H,4-6,13,15-18H2,1-3H3,(H,29,32)(H,30,33)/t23-,24+/m0/s1. The molecule has 2 N–H and O–H groups in total. The van der Waals surface area contributed by atoms with Crippen LogP contribution < -0.4 is 15.4 Å². The van der Waals surface area contributed by atoms with Crippen molar-refractivity contribution in [3.05, 3.63) is 59.2 Å². The molecule has 0 bridgehead atoms. The number of carbonyl (C=O) groups excluding carboxylic acids is 2. The number of rotatable bonds is 8. The van der Waals surface area contributed by atoms with E-state index in [-0.39, 0.29) is 23.7 Å². The fourth-order valence-electron chi connectivity index (χ4n) is 5.21. The molecule has 2 amide bonds. The lowest BCUT2D eigenvalue weighted by Gasteiger charge is -2.37. The van der Waals surface area contributed by atoms with Crippen LogP contribution in [0.1, 0.15) is 43.4 Å². The minimum absolute atomic E-state index is 0.0133. The predicted octanol–water partition coefficient (Wildman–Crippen LogP) is 4.03. The van der Waals surface area contributed by atoms with Crippen molar-refractivity contribution in [1.29, 1.82) is 0 Å². The molecule has 0 radical (unpaired) electrons. The molecule has 0 aromatic heterocycles. The molecular weight excluding hydrogens is 426 g/mol. The number of amides is 2. The van der Waals surface area contributed by atoms with E-state index in [2.05, 4.69) is 41.5 Å². The molecular formula is C28H37N3O3. The van der Waals surface area contributed by atoms with Crippen molar-refractivity contribution in [1.82, 2.24) is 10.2 Å². The number of likely N-dealkylation sites (tertiary alicyclic amines) is 1. The zero-order valence-electron chi connectivity index (χ0n) is 20.6. The molecule has 2 aromatic rings. The van der Waals surface area contributed by atoms with Crippen LogP contribution in [0.4, 0.5) is 5.69 Å². The van der Waals surface area contributed by atoms with Crippen molar-refractivity contribution in [2.75, 3.05) is 32.1 Å².